The highest BCUT2D eigenvalue weighted by Crippen LogP contribution is 2.27. The fourth-order valence-corrected chi connectivity index (χ4v) is 1.84. The van der Waals surface area contributed by atoms with E-state index in [1.807, 2.05) is 0 Å². The number of imidazole rings is 1. The largest absolute Gasteiger partial charge is 0.433 e. The Hall–Kier alpha value is -2.52. The molecule has 0 radical (unpaired) electrons. The lowest BCUT2D eigenvalue weighted by atomic mass is 10.2. The van der Waals surface area contributed by atoms with E-state index in [-0.39, 0.29) is 17.9 Å². The first-order valence-corrected chi connectivity index (χ1v) is 6.28. The molecule has 0 bridgehead atoms. The van der Waals surface area contributed by atoms with E-state index >= 15 is 0 Å². The van der Waals surface area contributed by atoms with Crippen molar-refractivity contribution in [3.8, 4) is 0 Å². The number of amides is 1. The van der Waals surface area contributed by atoms with E-state index in [1.165, 1.54) is 13.2 Å². The summed E-state index contributed by atoms with van der Waals surface area (Å²) >= 11 is 0. The van der Waals surface area contributed by atoms with Crippen LogP contribution in [0.4, 0.5) is 22.0 Å². The second-order valence-electron chi connectivity index (χ2n) is 4.62. The van der Waals surface area contributed by atoms with Crippen molar-refractivity contribution in [2.45, 2.75) is 19.3 Å². The van der Waals surface area contributed by atoms with Crippen LogP contribution in [0.15, 0.2) is 30.7 Å². The summed E-state index contributed by atoms with van der Waals surface area (Å²) in [4.78, 5) is 20.1. The van der Waals surface area contributed by atoms with E-state index in [1.54, 1.807) is 0 Å². The van der Waals surface area contributed by atoms with Gasteiger partial charge in [0.15, 0.2) is 0 Å². The van der Waals surface area contributed by atoms with E-state index < -0.39 is 24.3 Å². The first kappa shape index (κ1) is 16.8. The number of alkyl halides is 5. The van der Waals surface area contributed by atoms with Crippen molar-refractivity contribution in [1.82, 2.24) is 19.4 Å². The maximum Gasteiger partial charge on any atom is 0.433 e. The summed E-state index contributed by atoms with van der Waals surface area (Å²) in [6.07, 6.45) is -1.58. The van der Waals surface area contributed by atoms with Crippen LogP contribution >= 0.6 is 0 Å². The monoisotopic (exact) mass is 334 g/mol. The zero-order chi connectivity index (χ0) is 17.2. The Labute approximate surface area is 127 Å². The van der Waals surface area contributed by atoms with E-state index in [0.717, 1.165) is 23.4 Å². The van der Waals surface area contributed by atoms with Crippen molar-refractivity contribution >= 4 is 5.91 Å². The summed E-state index contributed by atoms with van der Waals surface area (Å²) < 4.78 is 63.2. The third-order valence-corrected chi connectivity index (χ3v) is 2.99. The van der Waals surface area contributed by atoms with E-state index in [9.17, 15) is 26.7 Å². The number of rotatable bonds is 4. The molecule has 1 amide bonds. The average molecular weight is 334 g/mol. The minimum atomic E-state index is -4.60. The van der Waals surface area contributed by atoms with Crippen LogP contribution in [-0.2, 0) is 12.7 Å². The van der Waals surface area contributed by atoms with Crippen LogP contribution < -0.4 is 0 Å². The molecule has 0 atom stereocenters. The summed E-state index contributed by atoms with van der Waals surface area (Å²) in [5.74, 6) is -0.703. The molecule has 0 saturated heterocycles. The lowest BCUT2D eigenvalue weighted by Crippen LogP contribution is -2.28. The molecule has 0 aliphatic heterocycles. The minimum absolute atomic E-state index is 0.0456. The minimum Gasteiger partial charge on any atom is -0.334 e. The molecule has 0 N–H and O–H groups in total. The highest BCUT2D eigenvalue weighted by atomic mass is 19.4. The fraction of sp³-hybridized carbons (Fsp3) is 0.308. The van der Waals surface area contributed by atoms with Gasteiger partial charge in [-0.05, 0) is 12.1 Å². The van der Waals surface area contributed by atoms with E-state index in [2.05, 4.69) is 9.97 Å². The number of hydrogen-bond acceptors (Lipinski definition) is 3. The fourth-order valence-electron chi connectivity index (χ4n) is 1.84. The molecule has 0 fully saturated rings. The Morgan fingerprint density at radius 1 is 1.30 bits per heavy atom. The number of carbonyl (C=O) groups excluding carboxylic acids is 1. The normalized spacial score (nSPS) is 11.8. The van der Waals surface area contributed by atoms with Gasteiger partial charge in [0.1, 0.15) is 11.5 Å². The van der Waals surface area contributed by atoms with Crippen LogP contribution in [0.25, 0.3) is 0 Å². The van der Waals surface area contributed by atoms with Crippen molar-refractivity contribution < 1.29 is 26.7 Å². The highest BCUT2D eigenvalue weighted by molar-refractivity contribution is 5.93. The number of nitrogens with zero attached hydrogens (tertiary/aromatic N) is 4. The van der Waals surface area contributed by atoms with Crippen molar-refractivity contribution in [2.24, 2.45) is 0 Å². The summed E-state index contributed by atoms with van der Waals surface area (Å²) in [6.45, 7) is -3.03. The Bertz CT molecular complexity index is 680. The highest BCUT2D eigenvalue weighted by Gasteiger charge is 2.32. The van der Waals surface area contributed by atoms with Gasteiger partial charge in [-0.15, -0.1) is 0 Å². The molecule has 0 aliphatic carbocycles. The Morgan fingerprint density at radius 3 is 2.52 bits per heavy atom. The second-order valence-corrected chi connectivity index (χ2v) is 4.62. The quantitative estimate of drug-likeness (QED) is 0.808. The van der Waals surface area contributed by atoms with Crippen LogP contribution in [0.3, 0.4) is 0 Å². The van der Waals surface area contributed by atoms with Crippen LogP contribution in [0.2, 0.25) is 0 Å². The third kappa shape index (κ3) is 3.82. The summed E-state index contributed by atoms with van der Waals surface area (Å²) in [5.41, 5.74) is -1.21. The van der Waals surface area contributed by atoms with Gasteiger partial charge >= 0.3 is 12.7 Å². The molecule has 2 aromatic heterocycles. The number of aromatic nitrogens is 3. The van der Waals surface area contributed by atoms with Gasteiger partial charge in [0.2, 0.25) is 0 Å². The third-order valence-electron chi connectivity index (χ3n) is 2.99. The number of carbonyl (C=O) groups is 1. The predicted octanol–water partition coefficient (Wildman–Crippen LogP) is 2.96. The SMILES string of the molecule is CN(Cc1nccn1C(F)F)C(=O)c1ccc(C(F)(F)F)nc1. The lowest BCUT2D eigenvalue weighted by molar-refractivity contribution is -0.141. The topological polar surface area (TPSA) is 51.0 Å². The standard InChI is InChI=1S/C13H11F5N4O/c1-21(7-10-19-4-5-22(10)12(14)15)11(23)8-2-3-9(20-6-8)13(16,17)18/h2-6,12H,7H2,1H3. The molecule has 0 unspecified atom stereocenters. The molecule has 0 saturated carbocycles. The number of hydrogen-bond donors (Lipinski definition) is 0. The molecular formula is C13H11F5N4O. The van der Waals surface area contributed by atoms with Crippen LogP contribution in [0, 0.1) is 0 Å². The maximum absolute atomic E-state index is 12.7. The zero-order valence-electron chi connectivity index (χ0n) is 11.8. The van der Waals surface area contributed by atoms with Gasteiger partial charge in [-0.3, -0.25) is 14.3 Å². The Kier molecular flexibility index (Phi) is 4.62. The van der Waals surface area contributed by atoms with Gasteiger partial charge < -0.3 is 4.90 Å². The first-order chi connectivity index (χ1) is 10.7. The van der Waals surface area contributed by atoms with Gasteiger partial charge in [-0.2, -0.15) is 22.0 Å². The molecule has 0 spiro atoms. The Balaban J connectivity index is 2.12. The molecule has 2 aromatic rings. The molecule has 0 aromatic carbocycles. The molecule has 10 heteroatoms. The predicted molar refractivity (Wildman–Crippen MR) is 68.5 cm³/mol. The van der Waals surface area contributed by atoms with Crippen LogP contribution in [-0.4, -0.2) is 32.4 Å². The number of pyridine rings is 1. The lowest BCUT2D eigenvalue weighted by Gasteiger charge is -2.17. The van der Waals surface area contributed by atoms with Crippen molar-refractivity contribution in [1.29, 1.82) is 0 Å². The first-order valence-electron chi connectivity index (χ1n) is 6.28. The summed E-state index contributed by atoms with van der Waals surface area (Å²) in [7, 11) is 1.32. The van der Waals surface area contributed by atoms with Crippen molar-refractivity contribution in [2.75, 3.05) is 7.05 Å². The maximum atomic E-state index is 12.7. The molecule has 2 heterocycles. The van der Waals surface area contributed by atoms with Gasteiger partial charge in [0.05, 0.1) is 12.1 Å². The van der Waals surface area contributed by atoms with Crippen LogP contribution in [0.1, 0.15) is 28.4 Å². The van der Waals surface area contributed by atoms with Gasteiger partial charge in [-0.25, -0.2) is 4.98 Å². The molecule has 2 rings (SSSR count). The van der Waals surface area contributed by atoms with Crippen LogP contribution in [0.5, 0.6) is 0 Å². The summed E-state index contributed by atoms with van der Waals surface area (Å²) in [5, 5.41) is 0. The molecule has 0 aliphatic rings. The smallest absolute Gasteiger partial charge is 0.334 e. The summed E-state index contributed by atoms with van der Waals surface area (Å²) in [6, 6.07) is 1.66. The van der Waals surface area contributed by atoms with Gasteiger partial charge in [-0.1, -0.05) is 0 Å². The van der Waals surface area contributed by atoms with Crippen molar-refractivity contribution in [3.63, 3.8) is 0 Å². The second kappa shape index (κ2) is 6.31. The average Bonchev–Trinajstić information content (AvgIpc) is 2.94. The van der Waals surface area contributed by atoms with E-state index in [0.29, 0.717) is 10.6 Å². The molecule has 124 valence electrons. The zero-order valence-corrected chi connectivity index (χ0v) is 11.8. The Morgan fingerprint density at radius 2 is 2.00 bits per heavy atom. The van der Waals surface area contributed by atoms with Gasteiger partial charge in [0.25, 0.3) is 5.91 Å². The molecule has 5 nitrogen and oxygen atoms in total. The number of halogens is 5. The molecular weight excluding hydrogens is 323 g/mol. The van der Waals surface area contributed by atoms with Gasteiger partial charge in [0, 0.05) is 25.6 Å². The van der Waals surface area contributed by atoms with E-state index in [4.69, 9.17) is 0 Å². The molecule has 23 heavy (non-hydrogen) atoms. The van der Waals surface area contributed by atoms with Crippen molar-refractivity contribution in [3.05, 3.63) is 47.8 Å².